The lowest BCUT2D eigenvalue weighted by Crippen LogP contribution is -2.28. The van der Waals surface area contributed by atoms with Crippen LogP contribution in [0.25, 0.3) is 0 Å². The molecule has 3 rings (SSSR count). The van der Waals surface area contributed by atoms with Crippen molar-refractivity contribution >= 4 is 33.4 Å². The number of amides is 1. The van der Waals surface area contributed by atoms with Crippen LogP contribution in [0.3, 0.4) is 0 Å². The van der Waals surface area contributed by atoms with Gasteiger partial charge in [-0.15, -0.1) is 0 Å². The molecule has 1 aromatic heterocycles. The van der Waals surface area contributed by atoms with Crippen molar-refractivity contribution in [3.8, 4) is 5.75 Å². The first-order valence-corrected chi connectivity index (χ1v) is 7.74. The average molecular weight is 376 g/mol. The molecule has 0 spiro atoms. The highest BCUT2D eigenvalue weighted by Gasteiger charge is 2.29. The molecule has 1 amide bonds. The Labute approximate surface area is 141 Å². The molecule has 2 heterocycles. The van der Waals surface area contributed by atoms with Gasteiger partial charge in [0.2, 0.25) is 6.10 Å². The number of hydrogen-bond acceptors (Lipinski definition) is 5. The van der Waals surface area contributed by atoms with Crippen molar-refractivity contribution in [2.24, 2.45) is 5.16 Å². The first-order valence-electron chi connectivity index (χ1n) is 6.95. The van der Waals surface area contributed by atoms with Crippen LogP contribution in [-0.4, -0.2) is 29.8 Å². The number of carbonyl (C=O) groups is 1. The van der Waals surface area contributed by atoms with Crippen molar-refractivity contribution in [1.29, 1.82) is 0 Å². The zero-order valence-corrected chi connectivity index (χ0v) is 13.9. The summed E-state index contributed by atoms with van der Waals surface area (Å²) < 4.78 is 5.97. The van der Waals surface area contributed by atoms with Crippen LogP contribution in [0.2, 0.25) is 0 Å². The maximum Gasteiger partial charge on any atom is 0.269 e. The number of carbonyl (C=O) groups excluding carboxylic acids is 1. The number of oxime groups is 1. The zero-order chi connectivity index (χ0) is 16.2. The van der Waals surface area contributed by atoms with Gasteiger partial charge in [0.05, 0.1) is 12.8 Å². The lowest BCUT2D eigenvalue weighted by Gasteiger charge is -2.08. The molecule has 118 valence electrons. The first-order chi connectivity index (χ1) is 11.2. The Hall–Kier alpha value is -2.41. The van der Waals surface area contributed by atoms with Gasteiger partial charge in [-0.25, -0.2) is 4.98 Å². The Morgan fingerprint density at radius 1 is 1.30 bits per heavy atom. The van der Waals surface area contributed by atoms with E-state index >= 15 is 0 Å². The smallest absolute Gasteiger partial charge is 0.269 e. The normalized spacial score (nSPS) is 16.4. The molecule has 7 heteroatoms. The monoisotopic (exact) mass is 375 g/mol. The van der Waals surface area contributed by atoms with E-state index in [1.807, 2.05) is 24.3 Å². The van der Waals surface area contributed by atoms with Crippen LogP contribution in [0.5, 0.6) is 5.75 Å². The van der Waals surface area contributed by atoms with Gasteiger partial charge in [-0.05, 0) is 57.9 Å². The minimum Gasteiger partial charge on any atom is -0.497 e. The van der Waals surface area contributed by atoms with Crippen molar-refractivity contribution in [2.75, 3.05) is 12.4 Å². The third-order valence-electron chi connectivity index (χ3n) is 3.36. The van der Waals surface area contributed by atoms with E-state index in [2.05, 4.69) is 31.4 Å². The molecule has 0 saturated carbocycles. The van der Waals surface area contributed by atoms with Gasteiger partial charge in [-0.2, -0.15) is 0 Å². The molecule has 1 atom stereocenters. The molecule has 0 radical (unpaired) electrons. The topological polar surface area (TPSA) is 72.8 Å². The summed E-state index contributed by atoms with van der Waals surface area (Å²) in [6, 6.07) is 11.0. The van der Waals surface area contributed by atoms with E-state index < -0.39 is 6.10 Å². The van der Waals surface area contributed by atoms with E-state index in [1.54, 1.807) is 25.4 Å². The lowest BCUT2D eigenvalue weighted by molar-refractivity contribution is -0.125. The number of benzene rings is 1. The molecule has 6 nitrogen and oxygen atoms in total. The van der Waals surface area contributed by atoms with E-state index in [-0.39, 0.29) is 5.91 Å². The van der Waals surface area contributed by atoms with E-state index in [1.165, 1.54) is 0 Å². The molecule has 23 heavy (non-hydrogen) atoms. The third-order valence-corrected chi connectivity index (χ3v) is 3.83. The van der Waals surface area contributed by atoms with Crippen molar-refractivity contribution < 1.29 is 14.4 Å². The molecule has 1 aliphatic rings. The fourth-order valence-electron chi connectivity index (χ4n) is 2.13. The van der Waals surface area contributed by atoms with Crippen LogP contribution < -0.4 is 10.1 Å². The Bertz CT molecular complexity index is 729. The molecular weight excluding hydrogens is 362 g/mol. The van der Waals surface area contributed by atoms with E-state index in [0.717, 1.165) is 21.5 Å². The maximum atomic E-state index is 12.2. The zero-order valence-electron chi connectivity index (χ0n) is 12.3. The predicted octanol–water partition coefficient (Wildman–Crippen LogP) is 2.98. The lowest BCUT2D eigenvalue weighted by atomic mass is 10.0. The largest absolute Gasteiger partial charge is 0.497 e. The number of hydrogen-bond donors (Lipinski definition) is 1. The summed E-state index contributed by atoms with van der Waals surface area (Å²) in [6.07, 6.45) is 1.37. The number of pyridine rings is 1. The minimum absolute atomic E-state index is 0.271. The Balaban J connectivity index is 1.61. The highest BCUT2D eigenvalue weighted by molar-refractivity contribution is 9.10. The number of nitrogens with zero attached hydrogens (tertiary/aromatic N) is 2. The van der Waals surface area contributed by atoms with Gasteiger partial charge >= 0.3 is 0 Å². The number of ether oxygens (including phenoxy) is 1. The van der Waals surface area contributed by atoms with Gasteiger partial charge in [0, 0.05) is 17.1 Å². The Morgan fingerprint density at radius 2 is 2.09 bits per heavy atom. The Morgan fingerprint density at radius 3 is 2.74 bits per heavy atom. The van der Waals surface area contributed by atoms with Gasteiger partial charge in [-0.3, -0.25) is 4.79 Å². The molecule has 0 aliphatic carbocycles. The van der Waals surface area contributed by atoms with Crippen LogP contribution in [0.15, 0.2) is 52.2 Å². The minimum atomic E-state index is -0.655. The summed E-state index contributed by atoms with van der Waals surface area (Å²) in [5, 5.41) is 6.72. The second kappa shape index (κ2) is 6.78. The maximum absolute atomic E-state index is 12.2. The van der Waals surface area contributed by atoms with Gasteiger partial charge in [0.25, 0.3) is 5.91 Å². The summed E-state index contributed by atoms with van der Waals surface area (Å²) in [6.45, 7) is 0. The molecule has 1 unspecified atom stereocenters. The fourth-order valence-corrected chi connectivity index (χ4v) is 2.36. The summed E-state index contributed by atoms with van der Waals surface area (Å²) in [5.74, 6) is 0.968. The van der Waals surface area contributed by atoms with Crippen molar-refractivity contribution in [3.63, 3.8) is 0 Å². The molecular formula is C16H14BrN3O3. The second-order valence-corrected chi connectivity index (χ2v) is 5.83. The molecule has 0 saturated heterocycles. The van der Waals surface area contributed by atoms with Crippen LogP contribution >= 0.6 is 15.9 Å². The number of nitrogens with one attached hydrogen (secondary N) is 1. The molecule has 0 bridgehead atoms. The molecule has 1 aromatic carbocycles. The summed E-state index contributed by atoms with van der Waals surface area (Å²) in [4.78, 5) is 21.5. The molecule has 0 fully saturated rings. The fraction of sp³-hybridized carbons (Fsp3) is 0.188. The number of rotatable bonds is 4. The van der Waals surface area contributed by atoms with Crippen LogP contribution in [0, 0.1) is 0 Å². The van der Waals surface area contributed by atoms with E-state index in [9.17, 15) is 4.79 Å². The van der Waals surface area contributed by atoms with Gasteiger partial charge in [0.1, 0.15) is 11.6 Å². The number of halogens is 1. The van der Waals surface area contributed by atoms with Crippen LogP contribution in [0.4, 0.5) is 5.82 Å². The van der Waals surface area contributed by atoms with Crippen LogP contribution in [-0.2, 0) is 9.63 Å². The van der Waals surface area contributed by atoms with E-state index in [4.69, 9.17) is 9.57 Å². The number of methoxy groups -OCH3 is 1. The molecule has 1 aliphatic heterocycles. The van der Waals surface area contributed by atoms with Gasteiger partial charge in [-0.1, -0.05) is 5.16 Å². The molecule has 2 aromatic rings. The second-order valence-electron chi connectivity index (χ2n) is 4.92. The highest BCUT2D eigenvalue weighted by atomic mass is 79.9. The quantitative estimate of drug-likeness (QED) is 0.891. The summed E-state index contributed by atoms with van der Waals surface area (Å²) >= 11 is 3.29. The first kappa shape index (κ1) is 15.5. The van der Waals surface area contributed by atoms with Crippen LogP contribution in [0.1, 0.15) is 12.0 Å². The standard InChI is InChI=1S/C16H14BrN3O3/c1-22-12-5-2-10(3-6-12)13-8-14(23-20-13)16(21)19-15-7-4-11(17)9-18-15/h2-7,9,14H,8H2,1H3,(H,18,19,21). The van der Waals surface area contributed by atoms with Crippen molar-refractivity contribution in [2.45, 2.75) is 12.5 Å². The van der Waals surface area contributed by atoms with E-state index in [0.29, 0.717) is 12.2 Å². The summed E-state index contributed by atoms with van der Waals surface area (Å²) in [5.41, 5.74) is 1.64. The highest BCUT2D eigenvalue weighted by Crippen LogP contribution is 2.20. The third kappa shape index (κ3) is 3.68. The number of anilines is 1. The van der Waals surface area contributed by atoms with Gasteiger partial charge in [0.15, 0.2) is 0 Å². The SMILES string of the molecule is COc1ccc(C2=NOC(C(=O)Nc3ccc(Br)cn3)C2)cc1. The predicted molar refractivity (Wildman–Crippen MR) is 89.6 cm³/mol. The van der Waals surface area contributed by atoms with Crippen molar-refractivity contribution in [1.82, 2.24) is 4.98 Å². The number of aromatic nitrogens is 1. The Kier molecular flexibility index (Phi) is 4.57. The average Bonchev–Trinajstić information content (AvgIpc) is 3.07. The summed E-state index contributed by atoms with van der Waals surface area (Å²) in [7, 11) is 1.61. The molecule has 1 N–H and O–H groups in total. The van der Waals surface area contributed by atoms with Gasteiger partial charge < -0.3 is 14.9 Å². The van der Waals surface area contributed by atoms with Crippen molar-refractivity contribution in [3.05, 3.63) is 52.6 Å².